The molecule has 0 aromatic heterocycles. The number of nitriles is 1. The minimum absolute atomic E-state index is 0.461. The predicted molar refractivity (Wildman–Crippen MR) is 54.9 cm³/mol. The van der Waals surface area contributed by atoms with Gasteiger partial charge in [0.2, 0.25) is 0 Å². The zero-order chi connectivity index (χ0) is 10.6. The molecule has 1 aliphatic rings. The van der Waals surface area contributed by atoms with Crippen LogP contribution in [0, 0.1) is 11.3 Å². The summed E-state index contributed by atoms with van der Waals surface area (Å²) >= 11 is 0. The van der Waals surface area contributed by atoms with Gasteiger partial charge in [-0.1, -0.05) is 0 Å². The van der Waals surface area contributed by atoms with Gasteiger partial charge in [0.25, 0.3) is 0 Å². The molecule has 2 unspecified atom stereocenters. The lowest BCUT2D eigenvalue weighted by Crippen LogP contribution is -2.50. The number of nitrogens with zero attached hydrogens (tertiary/aromatic N) is 2. The summed E-state index contributed by atoms with van der Waals surface area (Å²) in [5.74, 6) is 0. The van der Waals surface area contributed by atoms with Crippen LogP contribution in [-0.2, 0) is 4.74 Å². The van der Waals surface area contributed by atoms with Crippen LogP contribution >= 0.6 is 0 Å². The Bertz CT molecular complexity index is 220. The van der Waals surface area contributed by atoms with Gasteiger partial charge in [0.15, 0.2) is 0 Å². The van der Waals surface area contributed by atoms with Gasteiger partial charge in [0, 0.05) is 19.2 Å². The van der Waals surface area contributed by atoms with E-state index in [9.17, 15) is 0 Å². The topological polar surface area (TPSA) is 48.3 Å². The summed E-state index contributed by atoms with van der Waals surface area (Å²) in [7, 11) is 3.87. The van der Waals surface area contributed by atoms with Gasteiger partial charge in [0.1, 0.15) is 5.54 Å². The Kier molecular flexibility index (Phi) is 3.87. The molecule has 0 amide bonds. The van der Waals surface area contributed by atoms with Gasteiger partial charge in [-0.3, -0.25) is 4.90 Å². The molecule has 1 saturated heterocycles. The molecule has 1 N–H and O–H groups in total. The molecular weight excluding hydrogens is 178 g/mol. The van der Waals surface area contributed by atoms with Crippen LogP contribution in [0.5, 0.6) is 0 Å². The standard InChI is InChI=1S/C10H19N3O/c1-10(7-11,12-2)8-13(3)9-4-5-14-6-9/h9,12H,4-6,8H2,1-3H3. The van der Waals surface area contributed by atoms with Crippen LogP contribution in [-0.4, -0.2) is 50.3 Å². The van der Waals surface area contributed by atoms with Gasteiger partial charge in [0.05, 0.1) is 12.7 Å². The Balaban J connectivity index is 2.46. The Morgan fingerprint density at radius 2 is 2.43 bits per heavy atom. The van der Waals surface area contributed by atoms with E-state index < -0.39 is 5.54 Å². The first-order valence-corrected chi connectivity index (χ1v) is 4.99. The molecule has 0 radical (unpaired) electrons. The highest BCUT2D eigenvalue weighted by Gasteiger charge is 2.28. The van der Waals surface area contributed by atoms with E-state index in [0.29, 0.717) is 6.04 Å². The van der Waals surface area contributed by atoms with Crippen LogP contribution in [0.25, 0.3) is 0 Å². The van der Waals surface area contributed by atoms with Gasteiger partial charge in [-0.15, -0.1) is 0 Å². The lowest BCUT2D eigenvalue weighted by Gasteiger charge is -2.30. The van der Waals surface area contributed by atoms with E-state index in [-0.39, 0.29) is 0 Å². The molecule has 2 atom stereocenters. The molecule has 0 aliphatic carbocycles. The zero-order valence-corrected chi connectivity index (χ0v) is 9.21. The fourth-order valence-electron chi connectivity index (χ4n) is 1.67. The largest absolute Gasteiger partial charge is 0.380 e. The smallest absolute Gasteiger partial charge is 0.116 e. The molecule has 80 valence electrons. The Morgan fingerprint density at radius 3 is 2.86 bits per heavy atom. The third kappa shape index (κ3) is 2.68. The second-order valence-corrected chi connectivity index (χ2v) is 4.13. The van der Waals surface area contributed by atoms with E-state index in [1.807, 2.05) is 21.0 Å². The number of rotatable bonds is 4. The second kappa shape index (κ2) is 4.74. The van der Waals surface area contributed by atoms with Crippen molar-refractivity contribution in [1.82, 2.24) is 10.2 Å². The number of likely N-dealkylation sites (N-methyl/N-ethyl adjacent to an activating group) is 2. The van der Waals surface area contributed by atoms with E-state index in [0.717, 1.165) is 26.2 Å². The van der Waals surface area contributed by atoms with Crippen molar-refractivity contribution >= 4 is 0 Å². The van der Waals surface area contributed by atoms with Crippen molar-refractivity contribution in [2.24, 2.45) is 0 Å². The SMILES string of the molecule is CNC(C)(C#N)CN(C)C1CCOC1. The maximum absolute atomic E-state index is 9.01. The quantitative estimate of drug-likeness (QED) is 0.700. The summed E-state index contributed by atoms with van der Waals surface area (Å²) in [6.07, 6.45) is 1.07. The fraction of sp³-hybridized carbons (Fsp3) is 0.900. The summed E-state index contributed by atoms with van der Waals surface area (Å²) in [5.41, 5.74) is -0.461. The predicted octanol–water partition coefficient (Wildman–Crippen LogP) is 0.209. The average Bonchev–Trinajstić information content (AvgIpc) is 2.70. The summed E-state index contributed by atoms with van der Waals surface area (Å²) < 4.78 is 5.32. The number of hydrogen-bond acceptors (Lipinski definition) is 4. The molecular formula is C10H19N3O. The third-order valence-corrected chi connectivity index (χ3v) is 2.89. The Hall–Kier alpha value is -0.630. The normalized spacial score (nSPS) is 26.1. The van der Waals surface area contributed by atoms with Gasteiger partial charge in [-0.2, -0.15) is 5.26 Å². The van der Waals surface area contributed by atoms with Crippen LogP contribution in [0.3, 0.4) is 0 Å². The second-order valence-electron chi connectivity index (χ2n) is 4.13. The molecule has 0 aromatic rings. The van der Waals surface area contributed by atoms with Crippen LogP contribution in [0.2, 0.25) is 0 Å². The van der Waals surface area contributed by atoms with E-state index in [2.05, 4.69) is 16.3 Å². The first kappa shape index (κ1) is 11.4. The summed E-state index contributed by atoms with van der Waals surface area (Å²) in [6.45, 7) is 4.28. The molecule has 1 aliphatic heterocycles. The molecule has 4 heteroatoms. The maximum atomic E-state index is 9.01. The molecule has 1 rings (SSSR count). The monoisotopic (exact) mass is 197 g/mol. The Morgan fingerprint density at radius 1 is 1.71 bits per heavy atom. The molecule has 0 saturated carbocycles. The van der Waals surface area contributed by atoms with Crippen LogP contribution < -0.4 is 5.32 Å². The van der Waals surface area contributed by atoms with Crippen LogP contribution in [0.4, 0.5) is 0 Å². The summed E-state index contributed by atoms with van der Waals surface area (Å²) in [4.78, 5) is 2.20. The van der Waals surface area contributed by atoms with Crippen molar-refractivity contribution < 1.29 is 4.74 Å². The number of nitrogens with one attached hydrogen (secondary N) is 1. The fourth-order valence-corrected chi connectivity index (χ4v) is 1.67. The van der Waals surface area contributed by atoms with Crippen LogP contribution in [0.15, 0.2) is 0 Å². The highest BCUT2D eigenvalue weighted by molar-refractivity contribution is 5.05. The minimum atomic E-state index is -0.461. The van der Waals surface area contributed by atoms with Crippen molar-refractivity contribution in [3.05, 3.63) is 0 Å². The molecule has 0 bridgehead atoms. The van der Waals surface area contributed by atoms with Crippen molar-refractivity contribution in [2.45, 2.75) is 24.9 Å². The minimum Gasteiger partial charge on any atom is -0.380 e. The van der Waals surface area contributed by atoms with E-state index in [1.165, 1.54) is 0 Å². The molecule has 1 fully saturated rings. The first-order chi connectivity index (χ1) is 6.61. The lowest BCUT2D eigenvalue weighted by atomic mass is 10.0. The number of ether oxygens (including phenoxy) is 1. The molecule has 1 heterocycles. The van der Waals surface area contributed by atoms with Crippen LogP contribution in [0.1, 0.15) is 13.3 Å². The average molecular weight is 197 g/mol. The maximum Gasteiger partial charge on any atom is 0.116 e. The molecule has 0 spiro atoms. The molecule has 14 heavy (non-hydrogen) atoms. The zero-order valence-electron chi connectivity index (χ0n) is 9.21. The highest BCUT2D eigenvalue weighted by atomic mass is 16.5. The molecule has 0 aromatic carbocycles. The van der Waals surface area contributed by atoms with E-state index >= 15 is 0 Å². The molecule has 4 nitrogen and oxygen atoms in total. The van der Waals surface area contributed by atoms with E-state index in [4.69, 9.17) is 10.00 Å². The van der Waals surface area contributed by atoms with Gasteiger partial charge >= 0.3 is 0 Å². The van der Waals surface area contributed by atoms with Crippen molar-refractivity contribution in [3.63, 3.8) is 0 Å². The van der Waals surface area contributed by atoms with Crippen molar-refractivity contribution in [1.29, 1.82) is 5.26 Å². The van der Waals surface area contributed by atoms with Gasteiger partial charge in [-0.05, 0) is 27.4 Å². The first-order valence-electron chi connectivity index (χ1n) is 4.99. The number of hydrogen-bond donors (Lipinski definition) is 1. The third-order valence-electron chi connectivity index (χ3n) is 2.89. The lowest BCUT2D eigenvalue weighted by molar-refractivity contribution is 0.148. The highest BCUT2D eigenvalue weighted by Crippen LogP contribution is 2.13. The summed E-state index contributed by atoms with van der Waals surface area (Å²) in [5, 5.41) is 12.0. The van der Waals surface area contributed by atoms with Gasteiger partial charge in [-0.25, -0.2) is 0 Å². The summed E-state index contributed by atoms with van der Waals surface area (Å²) in [6, 6.07) is 2.76. The van der Waals surface area contributed by atoms with E-state index in [1.54, 1.807) is 0 Å². The Labute approximate surface area is 85.8 Å². The van der Waals surface area contributed by atoms with Crippen molar-refractivity contribution in [2.75, 3.05) is 33.9 Å². The van der Waals surface area contributed by atoms with Crippen molar-refractivity contribution in [3.8, 4) is 6.07 Å². The van der Waals surface area contributed by atoms with Gasteiger partial charge < -0.3 is 10.1 Å².